The topological polar surface area (TPSA) is 112 Å². The minimum atomic E-state index is -1.04. The van der Waals surface area contributed by atoms with Gasteiger partial charge in [0.05, 0.1) is 5.39 Å². The molecule has 0 fully saturated rings. The maximum absolute atomic E-state index is 12.2. The average molecular weight is 365 g/mol. The Labute approximate surface area is 149 Å². The summed E-state index contributed by atoms with van der Waals surface area (Å²) in [7, 11) is 0. The first-order valence-corrected chi connectivity index (χ1v) is 9.07. The van der Waals surface area contributed by atoms with Crippen LogP contribution in [-0.2, 0) is 16.0 Å². The van der Waals surface area contributed by atoms with Crippen LogP contribution in [-0.4, -0.2) is 33.0 Å². The summed E-state index contributed by atoms with van der Waals surface area (Å²) in [6.07, 6.45) is 0.970. The van der Waals surface area contributed by atoms with Crippen molar-refractivity contribution in [3.8, 4) is 0 Å². The van der Waals surface area contributed by atoms with Crippen molar-refractivity contribution in [2.45, 2.75) is 53.0 Å². The Morgan fingerprint density at radius 2 is 2.04 bits per heavy atom. The molecule has 2 aromatic rings. The van der Waals surface area contributed by atoms with Gasteiger partial charge in [0.2, 0.25) is 5.91 Å². The largest absolute Gasteiger partial charge is 0.480 e. The van der Waals surface area contributed by atoms with Crippen LogP contribution in [0.1, 0.15) is 43.0 Å². The molecule has 2 unspecified atom stereocenters. The van der Waals surface area contributed by atoms with Crippen molar-refractivity contribution in [2.24, 2.45) is 5.92 Å². The summed E-state index contributed by atoms with van der Waals surface area (Å²) in [6.45, 7) is 7.49. The summed E-state index contributed by atoms with van der Waals surface area (Å²) >= 11 is 1.45. The van der Waals surface area contributed by atoms with Gasteiger partial charge in [-0.25, -0.2) is 9.78 Å². The van der Waals surface area contributed by atoms with Crippen LogP contribution < -0.4 is 10.9 Å². The van der Waals surface area contributed by atoms with Gasteiger partial charge in [0.1, 0.15) is 16.7 Å². The second-order valence-electron chi connectivity index (χ2n) is 6.24. The molecule has 2 heterocycles. The Kier molecular flexibility index (Phi) is 5.94. The molecule has 2 aromatic heterocycles. The number of nitrogens with zero attached hydrogens (tertiary/aromatic N) is 1. The lowest BCUT2D eigenvalue weighted by molar-refractivity contribution is -0.143. The highest BCUT2D eigenvalue weighted by Gasteiger charge is 2.25. The standard InChI is InChI=1S/C17H23N3O4S/c1-5-8(2)14(17(23)24)20-12(21)7-6-11-18-15(22)13-9(3)10(4)25-16(13)19-11/h8,14H,5-7H2,1-4H3,(H,20,21)(H,23,24)(H,18,19,22). The minimum Gasteiger partial charge on any atom is -0.480 e. The number of carbonyl (C=O) groups excluding carboxylic acids is 1. The van der Waals surface area contributed by atoms with E-state index >= 15 is 0 Å². The van der Waals surface area contributed by atoms with Crippen LogP contribution in [0.2, 0.25) is 0 Å². The molecule has 0 aliphatic rings. The van der Waals surface area contributed by atoms with Crippen molar-refractivity contribution >= 4 is 33.4 Å². The summed E-state index contributed by atoms with van der Waals surface area (Å²) < 4.78 is 0. The van der Waals surface area contributed by atoms with Crippen LogP contribution >= 0.6 is 11.3 Å². The van der Waals surface area contributed by atoms with E-state index in [0.717, 1.165) is 10.4 Å². The zero-order valence-corrected chi connectivity index (χ0v) is 15.6. The predicted molar refractivity (Wildman–Crippen MR) is 97.1 cm³/mol. The Balaban J connectivity index is 2.08. The van der Waals surface area contributed by atoms with Gasteiger partial charge in [-0.15, -0.1) is 11.3 Å². The van der Waals surface area contributed by atoms with Crippen molar-refractivity contribution in [1.82, 2.24) is 15.3 Å². The number of rotatable bonds is 7. The normalized spacial score (nSPS) is 13.6. The fourth-order valence-corrected chi connectivity index (χ4v) is 3.63. The van der Waals surface area contributed by atoms with Crippen molar-refractivity contribution in [3.63, 3.8) is 0 Å². The van der Waals surface area contributed by atoms with Gasteiger partial charge in [-0.05, 0) is 25.3 Å². The van der Waals surface area contributed by atoms with Crippen LogP contribution in [0.3, 0.4) is 0 Å². The maximum Gasteiger partial charge on any atom is 0.326 e. The number of carboxylic acid groups (broad SMARTS) is 1. The molecule has 25 heavy (non-hydrogen) atoms. The fraction of sp³-hybridized carbons (Fsp3) is 0.529. The molecule has 0 aliphatic heterocycles. The number of thiophene rings is 1. The van der Waals surface area contributed by atoms with Crippen LogP contribution in [0.25, 0.3) is 10.2 Å². The van der Waals surface area contributed by atoms with E-state index in [-0.39, 0.29) is 30.2 Å². The number of hydrogen-bond donors (Lipinski definition) is 3. The molecule has 0 saturated heterocycles. The molecule has 2 rings (SSSR count). The third-order valence-corrected chi connectivity index (χ3v) is 5.57. The lowest BCUT2D eigenvalue weighted by Gasteiger charge is -2.20. The van der Waals surface area contributed by atoms with Gasteiger partial charge in [0.15, 0.2) is 0 Å². The van der Waals surface area contributed by atoms with Crippen molar-refractivity contribution in [2.75, 3.05) is 0 Å². The monoisotopic (exact) mass is 365 g/mol. The summed E-state index contributed by atoms with van der Waals surface area (Å²) in [5.74, 6) is -1.13. The molecule has 0 spiro atoms. The number of carbonyl (C=O) groups is 2. The van der Waals surface area contributed by atoms with E-state index in [9.17, 15) is 19.5 Å². The van der Waals surface area contributed by atoms with Gasteiger partial charge < -0.3 is 15.4 Å². The number of aliphatic carboxylic acids is 1. The number of nitrogens with one attached hydrogen (secondary N) is 2. The van der Waals surface area contributed by atoms with E-state index in [4.69, 9.17) is 0 Å². The number of hydrogen-bond acceptors (Lipinski definition) is 5. The number of fused-ring (bicyclic) bond motifs is 1. The van der Waals surface area contributed by atoms with Gasteiger partial charge in [0, 0.05) is 17.7 Å². The van der Waals surface area contributed by atoms with E-state index in [1.165, 1.54) is 11.3 Å². The molecule has 7 nitrogen and oxygen atoms in total. The quantitative estimate of drug-likeness (QED) is 0.696. The summed E-state index contributed by atoms with van der Waals surface area (Å²) in [4.78, 5) is 44.4. The number of aromatic amines is 1. The third kappa shape index (κ3) is 4.25. The Bertz CT molecular complexity index is 855. The molecule has 2 atom stereocenters. The summed E-state index contributed by atoms with van der Waals surface area (Å²) in [6, 6.07) is -0.908. The molecular formula is C17H23N3O4S. The first-order chi connectivity index (χ1) is 11.7. The Morgan fingerprint density at radius 3 is 2.64 bits per heavy atom. The van der Waals surface area contributed by atoms with Crippen LogP contribution in [0.15, 0.2) is 4.79 Å². The van der Waals surface area contributed by atoms with Gasteiger partial charge in [-0.2, -0.15) is 0 Å². The number of H-pyrrole nitrogens is 1. The molecule has 3 N–H and O–H groups in total. The van der Waals surface area contributed by atoms with Crippen LogP contribution in [0.5, 0.6) is 0 Å². The SMILES string of the molecule is CCC(C)C(NC(=O)CCc1nc2sc(C)c(C)c2c(=O)[nH]1)C(=O)O. The smallest absolute Gasteiger partial charge is 0.326 e. The van der Waals surface area contributed by atoms with Crippen LogP contribution in [0, 0.1) is 19.8 Å². The van der Waals surface area contributed by atoms with E-state index in [1.54, 1.807) is 6.92 Å². The molecule has 0 bridgehead atoms. The molecule has 0 saturated carbocycles. The molecular weight excluding hydrogens is 342 g/mol. The van der Waals surface area contributed by atoms with Gasteiger partial charge in [-0.3, -0.25) is 9.59 Å². The molecule has 0 aliphatic carbocycles. The van der Waals surface area contributed by atoms with Crippen molar-refractivity contribution in [3.05, 3.63) is 26.6 Å². The third-order valence-electron chi connectivity index (χ3n) is 4.47. The second-order valence-corrected chi connectivity index (χ2v) is 7.45. The second kappa shape index (κ2) is 7.77. The van der Waals surface area contributed by atoms with E-state index in [0.29, 0.717) is 22.5 Å². The lowest BCUT2D eigenvalue weighted by atomic mass is 9.99. The highest BCUT2D eigenvalue weighted by atomic mass is 32.1. The molecule has 0 radical (unpaired) electrons. The number of aryl methyl sites for hydroxylation is 3. The zero-order chi connectivity index (χ0) is 18.7. The van der Waals surface area contributed by atoms with Crippen molar-refractivity contribution < 1.29 is 14.7 Å². The summed E-state index contributed by atoms with van der Waals surface area (Å²) in [5, 5.41) is 12.4. The Morgan fingerprint density at radius 1 is 1.36 bits per heavy atom. The Hall–Kier alpha value is -2.22. The predicted octanol–water partition coefficient (Wildman–Crippen LogP) is 2.15. The molecule has 8 heteroatoms. The van der Waals surface area contributed by atoms with E-state index in [2.05, 4.69) is 15.3 Å². The number of carboxylic acids is 1. The molecule has 136 valence electrons. The molecule has 0 aromatic carbocycles. The van der Waals surface area contributed by atoms with E-state index < -0.39 is 12.0 Å². The van der Waals surface area contributed by atoms with Gasteiger partial charge in [0.25, 0.3) is 5.56 Å². The minimum absolute atomic E-state index is 0.0675. The van der Waals surface area contributed by atoms with Gasteiger partial charge in [-0.1, -0.05) is 20.3 Å². The lowest BCUT2D eigenvalue weighted by Crippen LogP contribution is -2.45. The zero-order valence-electron chi connectivity index (χ0n) is 14.8. The highest BCUT2D eigenvalue weighted by Crippen LogP contribution is 2.25. The van der Waals surface area contributed by atoms with Gasteiger partial charge >= 0.3 is 5.97 Å². The van der Waals surface area contributed by atoms with E-state index in [1.807, 2.05) is 20.8 Å². The summed E-state index contributed by atoms with van der Waals surface area (Å²) in [5.41, 5.74) is 0.723. The number of amides is 1. The first-order valence-electron chi connectivity index (χ1n) is 8.25. The van der Waals surface area contributed by atoms with Crippen LogP contribution in [0.4, 0.5) is 0 Å². The first kappa shape index (κ1) is 19.1. The fourth-order valence-electron chi connectivity index (χ4n) is 2.58. The highest BCUT2D eigenvalue weighted by molar-refractivity contribution is 7.18. The van der Waals surface area contributed by atoms with Crippen molar-refractivity contribution in [1.29, 1.82) is 0 Å². The molecule has 1 amide bonds. The maximum atomic E-state index is 12.2. The number of aromatic nitrogens is 2. The average Bonchev–Trinajstić information content (AvgIpc) is 2.84.